The first-order valence-electron chi connectivity index (χ1n) is 10.3. The summed E-state index contributed by atoms with van der Waals surface area (Å²) in [5.41, 5.74) is 0. The lowest BCUT2D eigenvalue weighted by Gasteiger charge is -2.27. The van der Waals surface area contributed by atoms with Gasteiger partial charge in [0.25, 0.3) is 0 Å². The van der Waals surface area contributed by atoms with E-state index in [4.69, 9.17) is 4.99 Å². The van der Waals surface area contributed by atoms with Crippen LogP contribution in [0.1, 0.15) is 51.9 Å². The Morgan fingerprint density at radius 1 is 1.19 bits per heavy atom. The predicted octanol–water partition coefficient (Wildman–Crippen LogP) is 2.27. The van der Waals surface area contributed by atoms with Gasteiger partial charge in [0.1, 0.15) is 0 Å². The fourth-order valence-electron chi connectivity index (χ4n) is 4.50. The lowest BCUT2D eigenvalue weighted by molar-refractivity contribution is 0.132. The summed E-state index contributed by atoms with van der Waals surface area (Å²) in [5.74, 6) is 2.68. The van der Waals surface area contributed by atoms with Crippen molar-refractivity contribution in [1.29, 1.82) is 0 Å². The van der Waals surface area contributed by atoms with Crippen molar-refractivity contribution in [2.45, 2.75) is 58.0 Å². The number of aliphatic imine (C=N–C) groups is 1. The summed E-state index contributed by atoms with van der Waals surface area (Å²) in [6.07, 6.45) is 8.01. The van der Waals surface area contributed by atoms with Gasteiger partial charge in [-0.05, 0) is 44.4 Å². The zero-order valence-corrected chi connectivity index (χ0v) is 19.6. The van der Waals surface area contributed by atoms with E-state index in [1.807, 2.05) is 6.92 Å². The first-order valence-corrected chi connectivity index (χ1v) is 12.2. The summed E-state index contributed by atoms with van der Waals surface area (Å²) in [7, 11) is -2.85. The summed E-state index contributed by atoms with van der Waals surface area (Å²) in [6.45, 7) is 5.15. The molecule has 0 spiro atoms. The number of aliphatic hydroxyl groups is 1. The summed E-state index contributed by atoms with van der Waals surface area (Å²) in [6, 6.07) is 0. The van der Waals surface area contributed by atoms with Crippen LogP contribution in [0.5, 0.6) is 0 Å². The SMILES string of the molecule is CC(O)C1CCN(C(=NCC2CCS(=O)(=O)C2)NCC2CCCCC2)C1.I. The molecule has 0 amide bonds. The Hall–Kier alpha value is -0.0900. The summed E-state index contributed by atoms with van der Waals surface area (Å²) in [4.78, 5) is 7.07. The van der Waals surface area contributed by atoms with E-state index < -0.39 is 9.84 Å². The monoisotopic (exact) mass is 513 g/mol. The van der Waals surface area contributed by atoms with Gasteiger partial charge in [0.2, 0.25) is 0 Å². The van der Waals surface area contributed by atoms with Crippen LogP contribution in [0, 0.1) is 17.8 Å². The minimum Gasteiger partial charge on any atom is -0.393 e. The number of hydrogen-bond acceptors (Lipinski definition) is 4. The number of nitrogens with zero attached hydrogens (tertiary/aromatic N) is 2. The van der Waals surface area contributed by atoms with Crippen molar-refractivity contribution in [3.8, 4) is 0 Å². The second-order valence-corrected chi connectivity index (χ2v) is 10.8. The van der Waals surface area contributed by atoms with Crippen LogP contribution in [0.3, 0.4) is 0 Å². The Balaban J connectivity index is 0.00000261. The first kappa shape index (κ1) is 23.2. The highest BCUT2D eigenvalue weighted by molar-refractivity contribution is 14.0. The Morgan fingerprint density at radius 2 is 1.93 bits per heavy atom. The van der Waals surface area contributed by atoms with Crippen molar-refractivity contribution >= 4 is 39.8 Å². The highest BCUT2D eigenvalue weighted by atomic mass is 127. The van der Waals surface area contributed by atoms with E-state index in [1.165, 1.54) is 32.1 Å². The zero-order chi connectivity index (χ0) is 18.6. The number of likely N-dealkylation sites (tertiary alicyclic amines) is 1. The number of aliphatic hydroxyl groups excluding tert-OH is 1. The third-order valence-electron chi connectivity index (χ3n) is 6.31. The molecule has 6 nitrogen and oxygen atoms in total. The third kappa shape index (κ3) is 7.03. The second-order valence-electron chi connectivity index (χ2n) is 8.55. The average molecular weight is 513 g/mol. The normalized spacial score (nSPS) is 30.1. The Bertz CT molecular complexity index is 591. The van der Waals surface area contributed by atoms with Gasteiger partial charge in [-0.25, -0.2) is 8.42 Å². The molecule has 3 aliphatic rings. The number of guanidine groups is 1. The van der Waals surface area contributed by atoms with Crippen molar-refractivity contribution in [1.82, 2.24) is 10.2 Å². The van der Waals surface area contributed by atoms with Gasteiger partial charge in [-0.2, -0.15) is 0 Å². The van der Waals surface area contributed by atoms with Crippen LogP contribution in [0.25, 0.3) is 0 Å². The molecule has 2 aliphatic heterocycles. The Morgan fingerprint density at radius 3 is 2.52 bits per heavy atom. The van der Waals surface area contributed by atoms with E-state index >= 15 is 0 Å². The van der Waals surface area contributed by atoms with Crippen LogP contribution in [-0.2, 0) is 9.84 Å². The molecular weight excluding hydrogens is 477 g/mol. The molecule has 2 N–H and O–H groups in total. The minimum atomic E-state index is -2.85. The Labute approximate surface area is 181 Å². The van der Waals surface area contributed by atoms with Crippen molar-refractivity contribution < 1.29 is 13.5 Å². The van der Waals surface area contributed by atoms with Crippen LogP contribution in [0.2, 0.25) is 0 Å². The third-order valence-corrected chi connectivity index (χ3v) is 8.14. The van der Waals surface area contributed by atoms with Crippen LogP contribution in [0.4, 0.5) is 0 Å². The quantitative estimate of drug-likeness (QED) is 0.335. The lowest BCUT2D eigenvalue weighted by Crippen LogP contribution is -2.43. The van der Waals surface area contributed by atoms with E-state index in [9.17, 15) is 13.5 Å². The number of rotatable bonds is 5. The van der Waals surface area contributed by atoms with E-state index in [0.717, 1.165) is 44.4 Å². The van der Waals surface area contributed by atoms with Gasteiger partial charge < -0.3 is 15.3 Å². The highest BCUT2D eigenvalue weighted by Gasteiger charge is 2.30. The van der Waals surface area contributed by atoms with Crippen LogP contribution in [0.15, 0.2) is 4.99 Å². The summed E-state index contributed by atoms with van der Waals surface area (Å²) < 4.78 is 23.4. The number of halogens is 1. The standard InChI is InChI=1S/C19H35N3O3S.HI/c1-15(23)18-7-9-22(13-18)19(20-11-16-5-3-2-4-6-16)21-12-17-8-10-26(24,25)14-17;/h15-18,23H,2-14H2,1H3,(H,20,21);1H. The molecule has 27 heavy (non-hydrogen) atoms. The van der Waals surface area contributed by atoms with E-state index in [0.29, 0.717) is 18.2 Å². The van der Waals surface area contributed by atoms with Gasteiger partial charge in [0.05, 0.1) is 17.6 Å². The molecule has 3 rings (SSSR count). The first-order chi connectivity index (χ1) is 12.4. The van der Waals surface area contributed by atoms with Crippen LogP contribution < -0.4 is 5.32 Å². The molecule has 1 aliphatic carbocycles. The molecule has 0 aromatic rings. The molecule has 158 valence electrons. The maximum atomic E-state index is 11.7. The maximum Gasteiger partial charge on any atom is 0.193 e. The number of nitrogens with one attached hydrogen (secondary N) is 1. The fraction of sp³-hybridized carbons (Fsp3) is 0.947. The minimum absolute atomic E-state index is 0. The summed E-state index contributed by atoms with van der Waals surface area (Å²) in [5, 5.41) is 13.5. The molecule has 0 bridgehead atoms. The van der Waals surface area contributed by atoms with Gasteiger partial charge in [0.15, 0.2) is 15.8 Å². The smallest absolute Gasteiger partial charge is 0.193 e. The van der Waals surface area contributed by atoms with Crippen molar-refractivity contribution in [2.24, 2.45) is 22.7 Å². The van der Waals surface area contributed by atoms with Gasteiger partial charge in [-0.1, -0.05) is 19.3 Å². The molecule has 0 radical (unpaired) electrons. The fourth-order valence-corrected chi connectivity index (χ4v) is 6.35. The summed E-state index contributed by atoms with van der Waals surface area (Å²) >= 11 is 0. The predicted molar refractivity (Wildman–Crippen MR) is 120 cm³/mol. The van der Waals surface area contributed by atoms with Crippen molar-refractivity contribution in [2.75, 3.05) is 37.7 Å². The average Bonchev–Trinajstić information content (AvgIpc) is 3.23. The molecule has 2 heterocycles. The van der Waals surface area contributed by atoms with Gasteiger partial charge in [0, 0.05) is 32.1 Å². The van der Waals surface area contributed by atoms with Gasteiger partial charge >= 0.3 is 0 Å². The largest absolute Gasteiger partial charge is 0.393 e. The van der Waals surface area contributed by atoms with Crippen molar-refractivity contribution in [3.63, 3.8) is 0 Å². The lowest BCUT2D eigenvalue weighted by atomic mass is 9.89. The number of sulfone groups is 1. The zero-order valence-electron chi connectivity index (χ0n) is 16.5. The van der Waals surface area contributed by atoms with Gasteiger partial charge in [-0.3, -0.25) is 4.99 Å². The molecule has 8 heteroatoms. The molecule has 3 fully saturated rings. The van der Waals surface area contributed by atoms with Crippen LogP contribution in [-0.4, -0.2) is 68.2 Å². The molecule has 0 aromatic carbocycles. The topological polar surface area (TPSA) is 82.0 Å². The van der Waals surface area contributed by atoms with E-state index in [1.54, 1.807) is 0 Å². The molecule has 2 saturated heterocycles. The Kier molecular flexibility index (Phi) is 9.12. The van der Waals surface area contributed by atoms with E-state index in [-0.39, 0.29) is 41.8 Å². The maximum absolute atomic E-state index is 11.7. The van der Waals surface area contributed by atoms with Crippen LogP contribution >= 0.6 is 24.0 Å². The number of hydrogen-bond donors (Lipinski definition) is 2. The molecular formula is C19H36IN3O3S. The molecule has 1 saturated carbocycles. The molecule has 0 aromatic heterocycles. The molecule has 3 atom stereocenters. The second kappa shape index (κ2) is 10.6. The van der Waals surface area contributed by atoms with Gasteiger partial charge in [-0.15, -0.1) is 24.0 Å². The van der Waals surface area contributed by atoms with E-state index in [2.05, 4.69) is 10.2 Å². The van der Waals surface area contributed by atoms with Crippen molar-refractivity contribution in [3.05, 3.63) is 0 Å². The molecule has 3 unspecified atom stereocenters. The highest BCUT2D eigenvalue weighted by Crippen LogP contribution is 2.24.